The minimum atomic E-state index is -0.362. The summed E-state index contributed by atoms with van der Waals surface area (Å²) in [4.78, 5) is 64.2. The van der Waals surface area contributed by atoms with Gasteiger partial charge in [0.15, 0.2) is 22.3 Å². The van der Waals surface area contributed by atoms with Crippen LogP contribution in [0.1, 0.15) is 16.7 Å². The molecule has 4 aromatic heterocycles. The Morgan fingerprint density at radius 2 is 0.943 bits per heavy atom. The first-order chi connectivity index (χ1) is 25.5. The van der Waals surface area contributed by atoms with Crippen molar-refractivity contribution in [3.05, 3.63) is 113 Å². The van der Waals surface area contributed by atoms with Gasteiger partial charge in [-0.3, -0.25) is 37.0 Å². The van der Waals surface area contributed by atoms with Crippen molar-refractivity contribution in [2.75, 3.05) is 62.2 Å². The summed E-state index contributed by atoms with van der Waals surface area (Å²) >= 11 is 0. The third kappa shape index (κ3) is 6.70. The third-order valence-electron chi connectivity index (χ3n) is 10.1. The highest BCUT2D eigenvalue weighted by Gasteiger charge is 2.25. The molecule has 0 bridgehead atoms. The van der Waals surface area contributed by atoms with Crippen LogP contribution in [0.4, 0.5) is 11.9 Å². The maximum Gasteiger partial charge on any atom is 0.332 e. The van der Waals surface area contributed by atoms with Gasteiger partial charge in [-0.15, -0.1) is 0 Å². The van der Waals surface area contributed by atoms with Crippen molar-refractivity contribution >= 4 is 34.2 Å². The second-order valence-corrected chi connectivity index (χ2v) is 13.7. The van der Waals surface area contributed by atoms with Crippen molar-refractivity contribution in [2.45, 2.75) is 20.0 Å². The molecule has 6 aromatic rings. The summed E-state index contributed by atoms with van der Waals surface area (Å²) in [6, 6.07) is 18.2. The molecule has 2 N–H and O–H groups in total. The fraction of sp³-hybridized carbons (Fsp3) is 0.405. The summed E-state index contributed by atoms with van der Waals surface area (Å²) in [6.07, 6.45) is 0. The highest BCUT2D eigenvalue weighted by Crippen LogP contribution is 2.23. The molecular formula is C37H46N12O4. The van der Waals surface area contributed by atoms with E-state index in [9.17, 15) is 19.2 Å². The molecule has 53 heavy (non-hydrogen) atoms. The van der Waals surface area contributed by atoms with E-state index in [1.54, 1.807) is 14.1 Å². The standard InChI is InChI=1S/C19H24N6O2.C18H22N6O2/c1-13-4-6-14(7-5-13)12-25-15-16(22(2)19(27)23(3)17(15)26)21-18(25)24-10-8-20-9-11-24;1-21-15-14(16(25)22(2)18(21)26)24(12-13-6-4-3-5-7-13)17(20-15)23-10-8-19-9-11-23/h4-7,20H,8-12H2,1-3H3;3-7,19H,8-12H2,1-2H3. The van der Waals surface area contributed by atoms with Gasteiger partial charge in [-0.05, 0) is 18.1 Å². The van der Waals surface area contributed by atoms with E-state index in [1.807, 2.05) is 46.4 Å². The van der Waals surface area contributed by atoms with Gasteiger partial charge >= 0.3 is 11.4 Å². The monoisotopic (exact) mass is 722 g/mol. The Kier molecular flexibility index (Phi) is 9.90. The van der Waals surface area contributed by atoms with Crippen molar-refractivity contribution < 1.29 is 0 Å². The van der Waals surface area contributed by atoms with Gasteiger partial charge in [-0.2, -0.15) is 9.97 Å². The van der Waals surface area contributed by atoms with Gasteiger partial charge in [-0.25, -0.2) is 9.59 Å². The topological polar surface area (TPSA) is 154 Å². The van der Waals surface area contributed by atoms with Gasteiger partial charge < -0.3 is 20.4 Å². The van der Waals surface area contributed by atoms with E-state index in [0.29, 0.717) is 35.4 Å². The number of hydrogen-bond donors (Lipinski definition) is 2. The van der Waals surface area contributed by atoms with Crippen molar-refractivity contribution in [3.8, 4) is 0 Å². The third-order valence-corrected chi connectivity index (χ3v) is 10.1. The zero-order valence-corrected chi connectivity index (χ0v) is 30.9. The molecule has 0 radical (unpaired) electrons. The Morgan fingerprint density at radius 1 is 0.547 bits per heavy atom. The lowest BCUT2D eigenvalue weighted by Crippen LogP contribution is -2.44. The summed E-state index contributed by atoms with van der Waals surface area (Å²) in [6.45, 7) is 9.82. The molecular weight excluding hydrogens is 676 g/mol. The lowest BCUT2D eigenvalue weighted by Gasteiger charge is -2.28. The van der Waals surface area contributed by atoms with Gasteiger partial charge in [0.2, 0.25) is 11.9 Å². The molecule has 2 aliphatic rings. The molecule has 2 fully saturated rings. The normalized spacial score (nSPS) is 14.9. The molecule has 2 aromatic carbocycles. The summed E-state index contributed by atoms with van der Waals surface area (Å²) in [5.74, 6) is 1.48. The molecule has 0 aliphatic carbocycles. The molecule has 0 unspecified atom stereocenters. The van der Waals surface area contributed by atoms with Gasteiger partial charge in [-0.1, -0.05) is 60.2 Å². The van der Waals surface area contributed by atoms with E-state index in [2.05, 4.69) is 44.7 Å². The van der Waals surface area contributed by atoms with Crippen LogP contribution in [-0.4, -0.2) is 89.7 Å². The second kappa shape index (κ2) is 14.7. The zero-order chi connectivity index (χ0) is 37.4. The fourth-order valence-electron chi connectivity index (χ4n) is 7.02. The largest absolute Gasteiger partial charge is 0.340 e. The van der Waals surface area contributed by atoms with E-state index in [1.165, 1.54) is 28.8 Å². The smallest absolute Gasteiger partial charge is 0.332 e. The van der Waals surface area contributed by atoms with Crippen molar-refractivity contribution in [1.82, 2.24) is 48.0 Å². The Bertz CT molecular complexity index is 2510. The Hall–Kier alpha value is -5.74. The van der Waals surface area contributed by atoms with E-state index >= 15 is 0 Å². The molecule has 0 amide bonds. The lowest BCUT2D eigenvalue weighted by molar-refractivity contribution is 0.571. The number of rotatable bonds is 6. The minimum absolute atomic E-state index is 0.311. The number of benzene rings is 2. The van der Waals surface area contributed by atoms with Gasteiger partial charge in [0, 0.05) is 80.5 Å². The molecule has 2 aliphatic heterocycles. The number of hydrogen-bond acceptors (Lipinski definition) is 10. The highest BCUT2D eigenvalue weighted by molar-refractivity contribution is 5.76. The van der Waals surface area contributed by atoms with Crippen molar-refractivity contribution in [2.24, 2.45) is 28.2 Å². The predicted octanol–water partition coefficient (Wildman–Crippen LogP) is 0.0916. The maximum atomic E-state index is 12.9. The molecule has 6 heterocycles. The average Bonchev–Trinajstić information content (AvgIpc) is 3.76. The van der Waals surface area contributed by atoms with Crippen LogP contribution in [0.5, 0.6) is 0 Å². The van der Waals surface area contributed by atoms with E-state index in [-0.39, 0.29) is 22.5 Å². The van der Waals surface area contributed by atoms with Crippen LogP contribution in [0.2, 0.25) is 0 Å². The summed E-state index contributed by atoms with van der Waals surface area (Å²) in [5, 5.41) is 6.66. The van der Waals surface area contributed by atoms with E-state index in [4.69, 9.17) is 9.97 Å². The van der Waals surface area contributed by atoms with Crippen LogP contribution in [-0.2, 0) is 41.3 Å². The van der Waals surface area contributed by atoms with Crippen LogP contribution < -0.4 is 42.9 Å². The zero-order valence-electron chi connectivity index (χ0n) is 30.9. The van der Waals surface area contributed by atoms with Crippen LogP contribution in [0.15, 0.2) is 73.8 Å². The fourth-order valence-corrected chi connectivity index (χ4v) is 7.02. The first-order valence-electron chi connectivity index (χ1n) is 17.9. The predicted molar refractivity (Wildman–Crippen MR) is 206 cm³/mol. The molecule has 8 rings (SSSR count). The number of anilines is 2. The maximum absolute atomic E-state index is 12.9. The Balaban J connectivity index is 0.000000164. The number of imidazole rings is 2. The van der Waals surface area contributed by atoms with Crippen molar-refractivity contribution in [3.63, 3.8) is 0 Å². The quantitative estimate of drug-likeness (QED) is 0.242. The summed E-state index contributed by atoms with van der Waals surface area (Å²) in [5.41, 5.74) is 3.81. The lowest BCUT2D eigenvalue weighted by atomic mass is 10.1. The number of nitrogens with zero attached hydrogens (tertiary/aromatic N) is 10. The molecule has 0 spiro atoms. The van der Waals surface area contributed by atoms with E-state index in [0.717, 1.165) is 84.5 Å². The van der Waals surface area contributed by atoms with Crippen LogP contribution >= 0.6 is 0 Å². The average molecular weight is 723 g/mol. The summed E-state index contributed by atoms with van der Waals surface area (Å²) in [7, 11) is 6.34. The van der Waals surface area contributed by atoms with Crippen LogP contribution in [0.25, 0.3) is 22.3 Å². The van der Waals surface area contributed by atoms with Gasteiger partial charge in [0.05, 0.1) is 13.1 Å². The number of aryl methyl sites for hydroxylation is 3. The molecule has 16 nitrogen and oxygen atoms in total. The molecule has 278 valence electrons. The molecule has 2 saturated heterocycles. The Labute approximate surface area is 305 Å². The summed E-state index contributed by atoms with van der Waals surface area (Å²) < 4.78 is 9.09. The van der Waals surface area contributed by atoms with Gasteiger partial charge in [0.25, 0.3) is 11.1 Å². The van der Waals surface area contributed by atoms with E-state index < -0.39 is 0 Å². The molecule has 0 atom stereocenters. The van der Waals surface area contributed by atoms with Crippen molar-refractivity contribution in [1.29, 1.82) is 0 Å². The Morgan fingerprint density at radius 3 is 1.36 bits per heavy atom. The van der Waals surface area contributed by atoms with Gasteiger partial charge in [0.1, 0.15) is 0 Å². The molecule has 0 saturated carbocycles. The SMILES string of the molecule is Cc1ccc(Cn2c(N3CCNCC3)nc3c2c(=O)n(C)c(=O)n3C)cc1.Cn1c(=O)c2c(nc(N3CCNCC3)n2Cc2ccccc2)n(C)c1=O. The van der Waals surface area contributed by atoms with Crippen LogP contribution in [0, 0.1) is 6.92 Å². The molecule has 16 heteroatoms. The second-order valence-electron chi connectivity index (χ2n) is 13.7. The number of piperazine rings is 2. The number of fused-ring (bicyclic) bond motifs is 2. The minimum Gasteiger partial charge on any atom is -0.340 e. The first-order valence-corrected chi connectivity index (χ1v) is 17.9. The first kappa shape index (κ1) is 35.7. The highest BCUT2D eigenvalue weighted by atomic mass is 16.2. The number of aromatic nitrogens is 8. The number of nitrogens with one attached hydrogen (secondary N) is 2. The van der Waals surface area contributed by atoms with Crippen LogP contribution in [0.3, 0.4) is 0 Å².